The van der Waals surface area contributed by atoms with Gasteiger partial charge in [-0.25, -0.2) is 13.8 Å². The molecule has 6 heteroatoms. The number of fused-ring (bicyclic) bond motifs is 1. The summed E-state index contributed by atoms with van der Waals surface area (Å²) in [5, 5.41) is 0. The monoisotopic (exact) mass is 419 g/mol. The molecule has 1 fully saturated rings. The summed E-state index contributed by atoms with van der Waals surface area (Å²) in [6.45, 7) is 0.333. The van der Waals surface area contributed by atoms with Gasteiger partial charge in [0.25, 0.3) is 5.56 Å². The molecule has 5 rings (SSSR count). The van der Waals surface area contributed by atoms with E-state index >= 15 is 0 Å². The molecule has 0 N–H and O–H groups in total. The van der Waals surface area contributed by atoms with E-state index in [1.54, 1.807) is 34.9 Å². The van der Waals surface area contributed by atoms with Crippen molar-refractivity contribution in [1.29, 1.82) is 0 Å². The Balaban J connectivity index is 1.68. The second-order valence-corrected chi connectivity index (χ2v) is 8.21. The molecule has 31 heavy (non-hydrogen) atoms. The molecule has 4 aromatic rings. The third-order valence-electron chi connectivity index (χ3n) is 6.12. The van der Waals surface area contributed by atoms with Gasteiger partial charge in [-0.2, -0.15) is 0 Å². The molecule has 2 heterocycles. The normalized spacial score (nSPS) is 14.9. The second-order valence-electron chi connectivity index (χ2n) is 8.21. The molecule has 158 valence electrons. The first kappa shape index (κ1) is 19.7. The van der Waals surface area contributed by atoms with Crippen molar-refractivity contribution in [3.63, 3.8) is 0 Å². The quantitative estimate of drug-likeness (QED) is 0.426. The van der Waals surface area contributed by atoms with E-state index in [1.165, 1.54) is 30.7 Å². The molecule has 0 bridgehead atoms. The van der Waals surface area contributed by atoms with Gasteiger partial charge in [0.05, 0.1) is 23.1 Å². The van der Waals surface area contributed by atoms with Crippen molar-refractivity contribution in [2.24, 2.45) is 0 Å². The molecular weight excluding hydrogens is 396 g/mol. The van der Waals surface area contributed by atoms with Crippen LogP contribution in [0.15, 0.2) is 65.6 Å². The molecule has 4 nitrogen and oxygen atoms in total. The van der Waals surface area contributed by atoms with E-state index in [0.717, 1.165) is 36.8 Å². The van der Waals surface area contributed by atoms with Gasteiger partial charge in [-0.1, -0.05) is 43.5 Å². The number of pyridine rings is 1. The summed E-state index contributed by atoms with van der Waals surface area (Å²) < 4.78 is 31.7. The van der Waals surface area contributed by atoms with Gasteiger partial charge in [-0.15, -0.1) is 0 Å². The Bertz CT molecular complexity index is 1280. The molecule has 0 amide bonds. The van der Waals surface area contributed by atoms with Crippen LogP contribution in [-0.2, 0) is 6.54 Å². The van der Waals surface area contributed by atoms with Crippen LogP contribution in [-0.4, -0.2) is 14.1 Å². The Morgan fingerprint density at radius 1 is 0.968 bits per heavy atom. The Labute approximate surface area is 178 Å². The Hall–Kier alpha value is -3.28. The lowest BCUT2D eigenvalue weighted by molar-refractivity contribution is 0.361. The van der Waals surface area contributed by atoms with E-state index in [9.17, 15) is 13.6 Å². The van der Waals surface area contributed by atoms with Crippen molar-refractivity contribution < 1.29 is 8.78 Å². The lowest BCUT2D eigenvalue weighted by Gasteiger charge is -2.26. The van der Waals surface area contributed by atoms with E-state index in [-0.39, 0.29) is 23.2 Å². The fraction of sp³-hybridized carbons (Fsp3) is 0.280. The van der Waals surface area contributed by atoms with Crippen molar-refractivity contribution in [3.05, 3.63) is 88.3 Å². The fourth-order valence-electron chi connectivity index (χ4n) is 4.56. The number of hydrogen-bond acceptors (Lipinski definition) is 2. The molecule has 0 unspecified atom stereocenters. The minimum absolute atomic E-state index is 0.190. The number of aromatic nitrogens is 3. The number of halogens is 2. The summed E-state index contributed by atoms with van der Waals surface area (Å²) >= 11 is 0. The van der Waals surface area contributed by atoms with Crippen molar-refractivity contribution in [3.8, 4) is 11.4 Å². The third kappa shape index (κ3) is 3.78. The average molecular weight is 419 g/mol. The van der Waals surface area contributed by atoms with Gasteiger partial charge in [-0.05, 0) is 42.7 Å². The van der Waals surface area contributed by atoms with Crippen LogP contribution in [0, 0.1) is 11.6 Å². The summed E-state index contributed by atoms with van der Waals surface area (Å²) in [7, 11) is 0. The van der Waals surface area contributed by atoms with Crippen LogP contribution >= 0.6 is 0 Å². The molecule has 1 saturated carbocycles. The maximum Gasteiger partial charge on any atom is 0.253 e. The maximum atomic E-state index is 14.7. The van der Waals surface area contributed by atoms with Gasteiger partial charge < -0.3 is 9.13 Å². The molecule has 0 aliphatic heterocycles. The van der Waals surface area contributed by atoms with E-state index in [2.05, 4.69) is 4.57 Å². The van der Waals surface area contributed by atoms with Crippen LogP contribution in [0.1, 0.15) is 43.7 Å². The zero-order chi connectivity index (χ0) is 21.4. The highest BCUT2D eigenvalue weighted by molar-refractivity contribution is 5.80. The summed E-state index contributed by atoms with van der Waals surface area (Å²) in [5.41, 5.74) is 2.49. The van der Waals surface area contributed by atoms with Crippen molar-refractivity contribution in [2.75, 3.05) is 0 Å². The number of hydrogen-bond donors (Lipinski definition) is 0. The molecule has 1 aliphatic carbocycles. The average Bonchev–Trinajstić information content (AvgIpc) is 3.14. The standard InChI is InChI=1S/C25H23F2N3O/c26-18-12-10-17(11-13-18)15-29-16-23-22(14-24(29)31)28-25(20-8-4-5-9-21(20)27)30(23)19-6-2-1-3-7-19/h4-5,8-14,16,19H,1-3,6-7,15H2. The van der Waals surface area contributed by atoms with Crippen LogP contribution < -0.4 is 5.56 Å². The Kier molecular flexibility index (Phi) is 5.14. The molecule has 0 radical (unpaired) electrons. The number of rotatable bonds is 4. The minimum Gasteiger partial charge on any atom is -0.320 e. The summed E-state index contributed by atoms with van der Waals surface area (Å²) in [4.78, 5) is 17.5. The van der Waals surface area contributed by atoms with Crippen molar-refractivity contribution in [2.45, 2.75) is 44.7 Å². The Morgan fingerprint density at radius 2 is 1.71 bits per heavy atom. The Morgan fingerprint density at radius 3 is 2.45 bits per heavy atom. The summed E-state index contributed by atoms with van der Waals surface area (Å²) in [6, 6.07) is 14.5. The summed E-state index contributed by atoms with van der Waals surface area (Å²) in [6.07, 6.45) is 7.26. The van der Waals surface area contributed by atoms with E-state index in [1.807, 2.05) is 6.20 Å². The van der Waals surface area contributed by atoms with E-state index < -0.39 is 0 Å². The van der Waals surface area contributed by atoms with Crippen LogP contribution in [0.5, 0.6) is 0 Å². The predicted molar refractivity (Wildman–Crippen MR) is 117 cm³/mol. The van der Waals surface area contributed by atoms with Crippen LogP contribution in [0.25, 0.3) is 22.4 Å². The maximum absolute atomic E-state index is 14.7. The molecular formula is C25H23F2N3O. The third-order valence-corrected chi connectivity index (χ3v) is 6.12. The molecule has 0 saturated heterocycles. The van der Waals surface area contributed by atoms with Gasteiger partial charge in [0, 0.05) is 18.3 Å². The first-order valence-corrected chi connectivity index (χ1v) is 10.7. The first-order valence-electron chi connectivity index (χ1n) is 10.7. The smallest absolute Gasteiger partial charge is 0.253 e. The first-order chi connectivity index (χ1) is 15.1. The summed E-state index contributed by atoms with van der Waals surface area (Å²) in [5.74, 6) is -0.0632. The highest BCUT2D eigenvalue weighted by Crippen LogP contribution is 2.36. The number of benzene rings is 2. The number of imidazole rings is 1. The van der Waals surface area contributed by atoms with Gasteiger partial charge in [-0.3, -0.25) is 4.79 Å². The molecule has 0 spiro atoms. The lowest BCUT2D eigenvalue weighted by Crippen LogP contribution is -2.20. The molecule has 1 aliphatic rings. The zero-order valence-corrected chi connectivity index (χ0v) is 17.1. The molecule has 2 aromatic heterocycles. The van der Waals surface area contributed by atoms with Gasteiger partial charge >= 0.3 is 0 Å². The SMILES string of the molecule is O=c1cc2nc(-c3ccccc3F)n(C3CCCCC3)c2cn1Cc1ccc(F)cc1. The topological polar surface area (TPSA) is 39.8 Å². The van der Waals surface area contributed by atoms with Gasteiger partial charge in [0.2, 0.25) is 0 Å². The van der Waals surface area contributed by atoms with E-state index in [0.29, 0.717) is 23.4 Å². The largest absolute Gasteiger partial charge is 0.320 e. The van der Waals surface area contributed by atoms with Crippen LogP contribution in [0.4, 0.5) is 8.78 Å². The second kappa shape index (κ2) is 8.10. The van der Waals surface area contributed by atoms with E-state index in [4.69, 9.17) is 4.98 Å². The van der Waals surface area contributed by atoms with Crippen LogP contribution in [0.3, 0.4) is 0 Å². The van der Waals surface area contributed by atoms with Gasteiger partial charge in [0.15, 0.2) is 0 Å². The van der Waals surface area contributed by atoms with Crippen molar-refractivity contribution >= 4 is 11.0 Å². The fourth-order valence-corrected chi connectivity index (χ4v) is 4.56. The lowest BCUT2D eigenvalue weighted by atomic mass is 9.95. The minimum atomic E-state index is -0.323. The van der Waals surface area contributed by atoms with Gasteiger partial charge in [0.1, 0.15) is 17.5 Å². The van der Waals surface area contributed by atoms with Crippen molar-refractivity contribution in [1.82, 2.24) is 14.1 Å². The highest BCUT2D eigenvalue weighted by Gasteiger charge is 2.24. The molecule has 2 aromatic carbocycles. The molecule has 0 atom stereocenters. The van der Waals surface area contributed by atoms with Crippen LogP contribution in [0.2, 0.25) is 0 Å². The zero-order valence-electron chi connectivity index (χ0n) is 17.1. The number of nitrogens with zero attached hydrogens (tertiary/aromatic N) is 3. The predicted octanol–water partition coefficient (Wildman–Crippen LogP) is 5.70. The highest BCUT2D eigenvalue weighted by atomic mass is 19.1.